The minimum atomic E-state index is -4.13. The van der Waals surface area contributed by atoms with Crippen molar-refractivity contribution in [2.24, 2.45) is 5.10 Å². The summed E-state index contributed by atoms with van der Waals surface area (Å²) in [5.41, 5.74) is 3.37. The predicted molar refractivity (Wildman–Crippen MR) is 144 cm³/mol. The molecule has 4 rings (SSSR count). The average molecular weight is 542 g/mol. The molecule has 9 nitrogen and oxygen atoms in total. The summed E-state index contributed by atoms with van der Waals surface area (Å²) in [4.78, 5) is 12.8. The van der Waals surface area contributed by atoms with Crippen LogP contribution >= 0.6 is 11.8 Å². The molecule has 0 radical (unpaired) electrons. The standard InChI is InChI=1S/C26H27N3O6S2/c1-33-20-10-12-23(13-11-20)37(31,32)29(24-8-3-4-9-25(24)34-2)16-26(30)28-27-15-19-6-5-7-21(14-19)35-22-17-36-18-22/h3-15,22H,16-18H2,1-2H3,(H,28,30)/b27-15-. The van der Waals surface area contributed by atoms with Gasteiger partial charge in [0.1, 0.15) is 29.9 Å². The number of rotatable bonds is 11. The van der Waals surface area contributed by atoms with Crippen LogP contribution in [0.25, 0.3) is 0 Å². The number of hydrogen-bond acceptors (Lipinski definition) is 8. The molecule has 0 bridgehead atoms. The van der Waals surface area contributed by atoms with Crippen molar-refractivity contribution < 1.29 is 27.4 Å². The topological polar surface area (TPSA) is 107 Å². The Labute approximate surface area is 220 Å². The SMILES string of the molecule is COc1ccc(S(=O)(=O)N(CC(=O)N/N=C\c2cccc(OC3CSC3)c2)c2ccccc2OC)cc1. The van der Waals surface area contributed by atoms with Crippen LogP contribution in [-0.4, -0.2) is 58.9 Å². The maximum atomic E-state index is 13.6. The highest BCUT2D eigenvalue weighted by Gasteiger charge is 2.29. The van der Waals surface area contributed by atoms with E-state index in [0.717, 1.165) is 27.1 Å². The van der Waals surface area contributed by atoms with Gasteiger partial charge in [-0.3, -0.25) is 9.10 Å². The third kappa shape index (κ3) is 6.55. The number of para-hydroxylation sites is 2. The van der Waals surface area contributed by atoms with E-state index in [4.69, 9.17) is 14.2 Å². The zero-order chi connectivity index (χ0) is 26.3. The van der Waals surface area contributed by atoms with E-state index in [1.807, 2.05) is 36.0 Å². The van der Waals surface area contributed by atoms with Crippen LogP contribution in [0, 0.1) is 0 Å². The highest BCUT2D eigenvalue weighted by atomic mass is 32.2. The van der Waals surface area contributed by atoms with Crippen molar-refractivity contribution in [2.75, 3.05) is 36.6 Å². The van der Waals surface area contributed by atoms with Crippen LogP contribution in [0.15, 0.2) is 82.8 Å². The van der Waals surface area contributed by atoms with E-state index < -0.39 is 22.5 Å². The van der Waals surface area contributed by atoms with Crippen LogP contribution in [-0.2, 0) is 14.8 Å². The summed E-state index contributed by atoms with van der Waals surface area (Å²) in [6.45, 7) is -0.519. The van der Waals surface area contributed by atoms with Crippen molar-refractivity contribution in [3.8, 4) is 17.2 Å². The molecule has 1 aliphatic heterocycles. The number of ether oxygens (including phenoxy) is 3. The Kier molecular flexibility index (Phi) is 8.57. The fourth-order valence-electron chi connectivity index (χ4n) is 3.50. The summed E-state index contributed by atoms with van der Waals surface area (Å²) in [6.07, 6.45) is 1.69. The minimum Gasteiger partial charge on any atom is -0.497 e. The molecule has 3 aromatic rings. The number of nitrogens with one attached hydrogen (secondary N) is 1. The lowest BCUT2D eigenvalue weighted by atomic mass is 10.2. The van der Waals surface area contributed by atoms with Gasteiger partial charge < -0.3 is 14.2 Å². The van der Waals surface area contributed by atoms with Crippen molar-refractivity contribution in [1.82, 2.24) is 5.43 Å². The minimum absolute atomic E-state index is 0.00261. The third-order valence-electron chi connectivity index (χ3n) is 5.46. The molecule has 1 aliphatic rings. The van der Waals surface area contributed by atoms with Gasteiger partial charge >= 0.3 is 0 Å². The molecule has 0 aliphatic carbocycles. The number of thioether (sulfide) groups is 1. The first kappa shape index (κ1) is 26.4. The summed E-state index contributed by atoms with van der Waals surface area (Å²) in [6, 6.07) is 19.9. The van der Waals surface area contributed by atoms with Gasteiger partial charge in [0.2, 0.25) is 0 Å². The van der Waals surface area contributed by atoms with Crippen molar-refractivity contribution >= 4 is 39.6 Å². The van der Waals surface area contributed by atoms with E-state index in [1.54, 1.807) is 36.4 Å². The molecule has 1 N–H and O–H groups in total. The summed E-state index contributed by atoms with van der Waals surface area (Å²) in [7, 11) is -1.21. The second-order valence-corrected chi connectivity index (χ2v) is 10.9. The number of methoxy groups -OCH3 is 2. The van der Waals surface area contributed by atoms with Crippen molar-refractivity contribution in [3.05, 3.63) is 78.4 Å². The van der Waals surface area contributed by atoms with Crippen molar-refractivity contribution in [2.45, 2.75) is 11.0 Å². The van der Waals surface area contributed by atoms with Crippen LogP contribution in [0.4, 0.5) is 5.69 Å². The quantitative estimate of drug-likeness (QED) is 0.292. The predicted octanol–water partition coefficient (Wildman–Crippen LogP) is 3.54. The molecule has 1 heterocycles. The number of hydrazone groups is 1. The normalized spacial score (nSPS) is 13.6. The summed E-state index contributed by atoms with van der Waals surface area (Å²) in [5.74, 6) is 2.85. The molecule has 1 fully saturated rings. The Morgan fingerprint density at radius 1 is 1.03 bits per heavy atom. The van der Waals surface area contributed by atoms with Gasteiger partial charge in [-0.15, -0.1) is 0 Å². The van der Waals surface area contributed by atoms with Gasteiger partial charge in [0.15, 0.2) is 0 Å². The van der Waals surface area contributed by atoms with Crippen LogP contribution in [0.1, 0.15) is 5.56 Å². The lowest BCUT2D eigenvalue weighted by molar-refractivity contribution is -0.119. The zero-order valence-corrected chi connectivity index (χ0v) is 22.0. The van der Waals surface area contributed by atoms with E-state index in [2.05, 4.69) is 10.5 Å². The number of hydrogen-bond donors (Lipinski definition) is 1. The van der Waals surface area contributed by atoms with E-state index in [-0.39, 0.29) is 16.7 Å². The van der Waals surface area contributed by atoms with Gasteiger partial charge in [-0.05, 0) is 54.1 Å². The van der Waals surface area contributed by atoms with Crippen LogP contribution in [0.3, 0.4) is 0 Å². The number of carbonyl (C=O) groups is 1. The maximum absolute atomic E-state index is 13.6. The molecular weight excluding hydrogens is 514 g/mol. The highest BCUT2D eigenvalue weighted by Crippen LogP contribution is 2.32. The molecule has 1 amide bonds. The second-order valence-electron chi connectivity index (χ2n) is 8.00. The zero-order valence-electron chi connectivity index (χ0n) is 20.4. The van der Waals surface area contributed by atoms with Gasteiger partial charge in [0.05, 0.1) is 31.0 Å². The van der Waals surface area contributed by atoms with Gasteiger partial charge in [0, 0.05) is 11.5 Å². The van der Waals surface area contributed by atoms with Gasteiger partial charge in [0.25, 0.3) is 15.9 Å². The van der Waals surface area contributed by atoms with Crippen LogP contribution in [0.5, 0.6) is 17.2 Å². The maximum Gasteiger partial charge on any atom is 0.264 e. The number of amides is 1. The fourth-order valence-corrected chi connectivity index (χ4v) is 5.49. The lowest BCUT2D eigenvalue weighted by Gasteiger charge is -2.25. The first-order chi connectivity index (χ1) is 17.9. The van der Waals surface area contributed by atoms with Gasteiger partial charge in [-0.1, -0.05) is 24.3 Å². The summed E-state index contributed by atoms with van der Waals surface area (Å²) in [5, 5.41) is 4.01. The van der Waals surface area contributed by atoms with E-state index in [9.17, 15) is 13.2 Å². The van der Waals surface area contributed by atoms with Gasteiger partial charge in [-0.2, -0.15) is 16.9 Å². The molecule has 0 aromatic heterocycles. The second kappa shape index (κ2) is 12.0. The molecule has 1 saturated heterocycles. The largest absolute Gasteiger partial charge is 0.497 e. The highest BCUT2D eigenvalue weighted by molar-refractivity contribution is 8.00. The molecule has 37 heavy (non-hydrogen) atoms. The van der Waals surface area contributed by atoms with Crippen molar-refractivity contribution in [1.29, 1.82) is 0 Å². The Morgan fingerprint density at radius 2 is 1.78 bits per heavy atom. The molecule has 0 unspecified atom stereocenters. The van der Waals surface area contributed by atoms with E-state index in [1.165, 1.54) is 32.6 Å². The number of anilines is 1. The molecule has 0 spiro atoms. The number of nitrogens with zero attached hydrogens (tertiary/aromatic N) is 2. The molecule has 194 valence electrons. The molecule has 11 heteroatoms. The van der Waals surface area contributed by atoms with Crippen molar-refractivity contribution in [3.63, 3.8) is 0 Å². The smallest absolute Gasteiger partial charge is 0.264 e. The third-order valence-corrected chi connectivity index (χ3v) is 8.45. The Balaban J connectivity index is 1.52. The van der Waals surface area contributed by atoms with E-state index in [0.29, 0.717) is 11.5 Å². The Hall–Kier alpha value is -3.70. The first-order valence-corrected chi connectivity index (χ1v) is 14.0. The van der Waals surface area contributed by atoms with E-state index >= 15 is 0 Å². The number of benzene rings is 3. The molecular formula is C26H27N3O6S2. The Bertz CT molecular complexity index is 1360. The summed E-state index contributed by atoms with van der Waals surface area (Å²) < 4.78 is 44.5. The Morgan fingerprint density at radius 3 is 2.46 bits per heavy atom. The number of sulfonamides is 1. The summed E-state index contributed by atoms with van der Waals surface area (Å²) >= 11 is 1.83. The molecule has 3 aromatic carbocycles. The monoisotopic (exact) mass is 541 g/mol. The average Bonchev–Trinajstić information content (AvgIpc) is 2.89. The van der Waals surface area contributed by atoms with Gasteiger partial charge in [-0.25, -0.2) is 13.8 Å². The molecule has 0 atom stereocenters. The van der Waals surface area contributed by atoms with Crippen LogP contribution < -0.4 is 23.9 Å². The first-order valence-electron chi connectivity index (χ1n) is 11.4. The lowest BCUT2D eigenvalue weighted by Crippen LogP contribution is -2.39. The molecule has 0 saturated carbocycles. The van der Waals surface area contributed by atoms with Crippen LogP contribution in [0.2, 0.25) is 0 Å². The fraction of sp³-hybridized carbons (Fsp3) is 0.231. The number of carbonyl (C=O) groups excluding carboxylic acids is 1.